The van der Waals surface area contributed by atoms with Crippen molar-refractivity contribution in [3.05, 3.63) is 68.6 Å². The Morgan fingerprint density at radius 1 is 1.10 bits per heavy atom. The molecule has 0 radical (unpaired) electrons. The summed E-state index contributed by atoms with van der Waals surface area (Å²) in [6.45, 7) is 0.949. The highest BCUT2D eigenvalue weighted by molar-refractivity contribution is 7.98. The van der Waals surface area contributed by atoms with Crippen LogP contribution in [0.15, 0.2) is 41.3 Å². The van der Waals surface area contributed by atoms with E-state index in [2.05, 4.69) is 42.7 Å². The van der Waals surface area contributed by atoms with Gasteiger partial charge in [0.1, 0.15) is 5.75 Å². The summed E-state index contributed by atoms with van der Waals surface area (Å²) in [5, 5.41) is 9.45. The summed E-state index contributed by atoms with van der Waals surface area (Å²) in [7, 11) is 0. The van der Waals surface area contributed by atoms with E-state index in [0.717, 1.165) is 50.9 Å². The highest BCUT2D eigenvalue weighted by Crippen LogP contribution is 2.34. The molecule has 1 saturated heterocycles. The molecular formula is C23H28O5S. The molecule has 2 aromatic rings. The van der Waals surface area contributed by atoms with Crippen molar-refractivity contribution in [1.29, 1.82) is 0 Å². The molecule has 0 bridgehead atoms. The van der Waals surface area contributed by atoms with Crippen molar-refractivity contribution in [2.24, 2.45) is 0 Å². The largest absolute Gasteiger partial charge is 0.493 e. The summed E-state index contributed by atoms with van der Waals surface area (Å²) in [6, 6.07) is 13.4. The van der Waals surface area contributed by atoms with Crippen LogP contribution in [0.5, 0.6) is 5.75 Å². The average molecular weight is 417 g/mol. The van der Waals surface area contributed by atoms with Crippen LogP contribution in [0.4, 0.5) is 0 Å². The number of rotatable bonds is 5. The molecule has 5 nitrogen and oxygen atoms in total. The number of aliphatic hydroxyl groups is 1. The predicted octanol–water partition coefficient (Wildman–Crippen LogP) is 4.99. The third-order valence-electron chi connectivity index (χ3n) is 5.60. The van der Waals surface area contributed by atoms with E-state index in [9.17, 15) is 5.11 Å². The number of benzene rings is 2. The SMILES string of the molecule is CSc1ccc([C@H]2CCC[C@@H](CO)O2)cc1Cc1ccc2c(c1)CCCO2.O=O. The molecule has 0 aromatic heterocycles. The van der Waals surface area contributed by atoms with Crippen molar-refractivity contribution in [3.63, 3.8) is 0 Å². The molecule has 4 rings (SSSR count). The zero-order valence-corrected chi connectivity index (χ0v) is 17.6. The Kier molecular flexibility index (Phi) is 8.09. The molecule has 1 N–H and O–H groups in total. The Morgan fingerprint density at radius 3 is 2.76 bits per heavy atom. The number of thioether (sulfide) groups is 1. The van der Waals surface area contributed by atoms with E-state index in [4.69, 9.17) is 19.4 Å². The minimum Gasteiger partial charge on any atom is -0.493 e. The van der Waals surface area contributed by atoms with E-state index in [1.165, 1.54) is 27.1 Å². The van der Waals surface area contributed by atoms with E-state index in [0.29, 0.717) is 0 Å². The normalized spacial score (nSPS) is 20.8. The van der Waals surface area contributed by atoms with Crippen molar-refractivity contribution < 1.29 is 14.6 Å². The molecule has 0 amide bonds. The van der Waals surface area contributed by atoms with Gasteiger partial charge in [0.2, 0.25) is 0 Å². The number of aryl methyl sites for hydroxylation is 1. The van der Waals surface area contributed by atoms with Crippen LogP contribution >= 0.6 is 11.8 Å². The molecule has 2 heterocycles. The Morgan fingerprint density at radius 2 is 1.97 bits per heavy atom. The lowest BCUT2D eigenvalue weighted by Crippen LogP contribution is -2.25. The molecule has 0 saturated carbocycles. The molecule has 6 heteroatoms. The molecule has 0 spiro atoms. The van der Waals surface area contributed by atoms with E-state index < -0.39 is 0 Å². The minimum atomic E-state index is -0.0203. The van der Waals surface area contributed by atoms with Crippen LogP contribution in [-0.4, -0.2) is 30.7 Å². The van der Waals surface area contributed by atoms with Crippen LogP contribution in [0.2, 0.25) is 0 Å². The highest BCUT2D eigenvalue weighted by atomic mass is 32.2. The number of hydrogen-bond acceptors (Lipinski definition) is 6. The van der Waals surface area contributed by atoms with Crippen molar-refractivity contribution in [1.82, 2.24) is 0 Å². The van der Waals surface area contributed by atoms with E-state index in [-0.39, 0.29) is 18.8 Å². The molecule has 2 aliphatic rings. The van der Waals surface area contributed by atoms with Crippen LogP contribution in [0.1, 0.15) is 54.0 Å². The van der Waals surface area contributed by atoms with E-state index in [1.807, 2.05) is 0 Å². The van der Waals surface area contributed by atoms with Gasteiger partial charge in [-0.15, -0.1) is 11.8 Å². The standard InChI is InChI=1S/C23H28O3S.O2/c1-27-23-10-8-18(22-6-2-5-20(15-24)26-22)14-19(23)13-16-7-9-21-17(12-16)4-3-11-25-21;1-2/h7-10,12,14,20,22,24H,2-6,11,13,15H2,1H3;/t20-,22+;/m0./s1. The third kappa shape index (κ3) is 5.38. The topological polar surface area (TPSA) is 72.8 Å². The van der Waals surface area contributed by atoms with Gasteiger partial charge in [-0.25, -0.2) is 0 Å². The second-order valence-electron chi connectivity index (χ2n) is 7.50. The quantitative estimate of drug-likeness (QED) is 0.692. The Hall–Kier alpha value is -1.89. The Balaban J connectivity index is 0.00000117. The predicted molar refractivity (Wildman–Crippen MR) is 117 cm³/mol. The monoisotopic (exact) mass is 416 g/mol. The molecule has 1 fully saturated rings. The summed E-state index contributed by atoms with van der Waals surface area (Å²) < 4.78 is 11.9. The maximum atomic E-state index is 9.45. The Bertz CT molecular complexity index is 810. The number of ether oxygens (including phenoxy) is 2. The van der Waals surface area contributed by atoms with Crippen molar-refractivity contribution in [3.8, 4) is 5.75 Å². The molecular weight excluding hydrogens is 388 g/mol. The first kappa shape index (κ1) is 21.8. The van der Waals surface area contributed by atoms with Crippen molar-refractivity contribution >= 4 is 11.8 Å². The second kappa shape index (κ2) is 10.8. The maximum Gasteiger partial charge on any atom is 0.122 e. The summed E-state index contributed by atoms with van der Waals surface area (Å²) >= 11 is 1.80. The fourth-order valence-corrected chi connectivity index (χ4v) is 4.76. The molecule has 2 aromatic carbocycles. The van der Waals surface area contributed by atoms with Crippen LogP contribution in [0, 0.1) is 9.93 Å². The molecule has 0 aliphatic carbocycles. The van der Waals surface area contributed by atoms with Gasteiger partial charge in [-0.2, -0.15) is 0 Å². The molecule has 156 valence electrons. The van der Waals surface area contributed by atoms with E-state index in [1.54, 1.807) is 11.8 Å². The first-order valence-corrected chi connectivity index (χ1v) is 11.3. The van der Waals surface area contributed by atoms with Gasteiger partial charge in [-0.05, 0) is 79.2 Å². The van der Waals surface area contributed by atoms with Gasteiger partial charge < -0.3 is 14.6 Å². The van der Waals surface area contributed by atoms with Crippen LogP contribution in [-0.2, 0) is 17.6 Å². The number of hydrogen-bond donors (Lipinski definition) is 1. The molecule has 2 atom stereocenters. The highest BCUT2D eigenvalue weighted by Gasteiger charge is 2.23. The summed E-state index contributed by atoms with van der Waals surface area (Å²) in [4.78, 5) is 15.3. The zero-order valence-electron chi connectivity index (χ0n) is 16.8. The molecule has 0 unspecified atom stereocenters. The first-order chi connectivity index (χ1) is 14.3. The van der Waals surface area contributed by atoms with Gasteiger partial charge in [0.15, 0.2) is 0 Å². The van der Waals surface area contributed by atoms with Crippen LogP contribution in [0.25, 0.3) is 0 Å². The third-order valence-corrected chi connectivity index (χ3v) is 6.43. The maximum absolute atomic E-state index is 9.45. The van der Waals surface area contributed by atoms with Crippen LogP contribution in [0.3, 0.4) is 0 Å². The van der Waals surface area contributed by atoms with Gasteiger partial charge >= 0.3 is 0 Å². The lowest BCUT2D eigenvalue weighted by Gasteiger charge is -2.29. The van der Waals surface area contributed by atoms with Crippen molar-refractivity contribution in [2.45, 2.75) is 55.6 Å². The summed E-state index contributed by atoms with van der Waals surface area (Å²) in [5.41, 5.74) is 5.26. The van der Waals surface area contributed by atoms with Crippen LogP contribution < -0.4 is 4.74 Å². The number of fused-ring (bicyclic) bond motifs is 1. The van der Waals surface area contributed by atoms with Gasteiger partial charge in [-0.1, -0.05) is 24.3 Å². The second-order valence-corrected chi connectivity index (χ2v) is 8.35. The smallest absolute Gasteiger partial charge is 0.122 e. The average Bonchev–Trinajstić information content (AvgIpc) is 2.80. The summed E-state index contributed by atoms with van der Waals surface area (Å²) in [6.07, 6.45) is 8.45. The molecule has 29 heavy (non-hydrogen) atoms. The molecule has 2 aliphatic heterocycles. The van der Waals surface area contributed by atoms with Gasteiger partial charge in [-0.3, -0.25) is 0 Å². The van der Waals surface area contributed by atoms with Gasteiger partial charge in [0, 0.05) is 14.8 Å². The summed E-state index contributed by atoms with van der Waals surface area (Å²) in [5.74, 6) is 1.05. The number of aliphatic hydroxyl groups excluding tert-OH is 1. The minimum absolute atomic E-state index is 0.0203. The Labute approximate surface area is 176 Å². The van der Waals surface area contributed by atoms with Gasteiger partial charge in [0.25, 0.3) is 0 Å². The fourth-order valence-electron chi connectivity index (χ4n) is 4.16. The first-order valence-electron chi connectivity index (χ1n) is 10.1. The fraction of sp³-hybridized carbons (Fsp3) is 0.478. The van der Waals surface area contributed by atoms with Crippen molar-refractivity contribution in [2.75, 3.05) is 19.5 Å². The van der Waals surface area contributed by atoms with E-state index >= 15 is 0 Å². The lowest BCUT2D eigenvalue weighted by atomic mass is 9.94. The zero-order chi connectivity index (χ0) is 20.6. The lowest BCUT2D eigenvalue weighted by molar-refractivity contribution is -0.0737. The van der Waals surface area contributed by atoms with Gasteiger partial charge in [0.05, 0.1) is 25.4 Å².